The first-order chi connectivity index (χ1) is 10.0. The van der Waals surface area contributed by atoms with Crippen LogP contribution in [0.5, 0.6) is 0 Å². The molecule has 1 aromatic carbocycles. The smallest absolute Gasteiger partial charge is 0.191 e. The summed E-state index contributed by atoms with van der Waals surface area (Å²) < 4.78 is 11.9. The van der Waals surface area contributed by atoms with Crippen molar-refractivity contribution in [3.63, 3.8) is 0 Å². The number of hydrogen-bond acceptors (Lipinski definition) is 2. The third-order valence-corrected chi connectivity index (χ3v) is 3.83. The minimum absolute atomic E-state index is 0.169. The zero-order valence-corrected chi connectivity index (χ0v) is 13.4. The van der Waals surface area contributed by atoms with Crippen LogP contribution in [0, 0.1) is 0 Å². The molecule has 0 spiro atoms. The van der Waals surface area contributed by atoms with Crippen molar-refractivity contribution < 1.29 is 9.47 Å². The number of aryl methyl sites for hydroxylation is 1. The maximum atomic E-state index is 6.27. The van der Waals surface area contributed by atoms with Gasteiger partial charge in [0.05, 0.1) is 6.10 Å². The van der Waals surface area contributed by atoms with Crippen LogP contribution in [0.15, 0.2) is 54.1 Å². The van der Waals surface area contributed by atoms with Gasteiger partial charge < -0.3 is 9.47 Å². The molecule has 1 heterocycles. The first-order valence-corrected chi connectivity index (χ1v) is 7.62. The van der Waals surface area contributed by atoms with Crippen LogP contribution in [0.2, 0.25) is 0 Å². The molecule has 0 aromatic heterocycles. The minimum Gasteiger partial charge on any atom is -0.349 e. The molecule has 0 saturated carbocycles. The normalized spacial score (nSPS) is 25.7. The Kier molecular flexibility index (Phi) is 5.38. The van der Waals surface area contributed by atoms with Gasteiger partial charge in [-0.05, 0) is 44.7 Å². The monoisotopic (exact) mass is 286 g/mol. The molecule has 0 N–H and O–H groups in total. The van der Waals surface area contributed by atoms with Crippen LogP contribution in [0.1, 0.15) is 38.7 Å². The second-order valence-corrected chi connectivity index (χ2v) is 6.13. The van der Waals surface area contributed by atoms with E-state index in [2.05, 4.69) is 50.8 Å². The Morgan fingerprint density at radius 2 is 2.10 bits per heavy atom. The molecule has 2 atom stereocenters. The maximum Gasteiger partial charge on any atom is 0.191 e. The second-order valence-electron chi connectivity index (χ2n) is 6.13. The van der Waals surface area contributed by atoms with Gasteiger partial charge in [0.15, 0.2) is 5.79 Å². The SMILES string of the molecule is C=C1C[C@@H](CCc2ccccc2)O[C@](C=C(C)C)(OC)C1. The molecule has 0 aliphatic carbocycles. The van der Waals surface area contributed by atoms with Gasteiger partial charge in [0, 0.05) is 13.5 Å². The number of rotatable bonds is 5. The molecular formula is C19H26O2. The Labute approximate surface area is 128 Å². The molecule has 21 heavy (non-hydrogen) atoms. The van der Waals surface area contributed by atoms with Gasteiger partial charge in [-0.3, -0.25) is 0 Å². The average Bonchev–Trinajstić information content (AvgIpc) is 2.45. The first-order valence-electron chi connectivity index (χ1n) is 7.62. The number of methoxy groups -OCH3 is 1. The lowest BCUT2D eigenvalue weighted by Crippen LogP contribution is -2.42. The highest BCUT2D eigenvalue weighted by Gasteiger charge is 2.37. The van der Waals surface area contributed by atoms with E-state index in [-0.39, 0.29) is 6.10 Å². The van der Waals surface area contributed by atoms with E-state index in [1.807, 2.05) is 6.07 Å². The van der Waals surface area contributed by atoms with Crippen molar-refractivity contribution in [2.45, 2.75) is 51.4 Å². The van der Waals surface area contributed by atoms with Crippen molar-refractivity contribution in [2.24, 2.45) is 0 Å². The number of hydrogen-bond donors (Lipinski definition) is 0. The minimum atomic E-state index is -0.629. The summed E-state index contributed by atoms with van der Waals surface area (Å²) in [4.78, 5) is 0. The standard InChI is InChI=1S/C19H26O2/c1-15(2)13-19(20-4)14-16(3)12-18(21-19)11-10-17-8-6-5-7-9-17/h5-9,13,18H,3,10-12,14H2,1-2,4H3/t18-,19+/m1/s1. The van der Waals surface area contributed by atoms with Gasteiger partial charge in [0.1, 0.15) is 0 Å². The predicted octanol–water partition coefficient (Wildman–Crippen LogP) is 4.66. The Hall–Kier alpha value is -1.38. The fraction of sp³-hybridized carbons (Fsp3) is 0.474. The molecule has 1 aliphatic rings. The van der Waals surface area contributed by atoms with E-state index in [0.717, 1.165) is 25.7 Å². The van der Waals surface area contributed by atoms with Crippen LogP contribution < -0.4 is 0 Å². The van der Waals surface area contributed by atoms with Crippen LogP contribution in [0.3, 0.4) is 0 Å². The second kappa shape index (κ2) is 7.06. The fourth-order valence-corrected chi connectivity index (χ4v) is 2.95. The highest BCUT2D eigenvalue weighted by atomic mass is 16.7. The summed E-state index contributed by atoms with van der Waals surface area (Å²) in [5, 5.41) is 0. The summed E-state index contributed by atoms with van der Waals surface area (Å²) >= 11 is 0. The Morgan fingerprint density at radius 1 is 1.38 bits per heavy atom. The quantitative estimate of drug-likeness (QED) is 0.733. The molecule has 0 amide bonds. The molecule has 2 rings (SSSR count). The van der Waals surface area contributed by atoms with E-state index in [0.29, 0.717) is 0 Å². The van der Waals surface area contributed by atoms with Crippen molar-refractivity contribution in [1.82, 2.24) is 0 Å². The van der Waals surface area contributed by atoms with E-state index in [1.54, 1.807) is 7.11 Å². The van der Waals surface area contributed by atoms with E-state index in [9.17, 15) is 0 Å². The lowest BCUT2D eigenvalue weighted by atomic mass is 9.92. The molecule has 1 aliphatic heterocycles. The van der Waals surface area contributed by atoms with Gasteiger partial charge >= 0.3 is 0 Å². The van der Waals surface area contributed by atoms with Crippen LogP contribution in [0.25, 0.3) is 0 Å². The average molecular weight is 286 g/mol. The van der Waals surface area contributed by atoms with E-state index < -0.39 is 5.79 Å². The lowest BCUT2D eigenvalue weighted by Gasteiger charge is -2.39. The number of benzene rings is 1. The van der Waals surface area contributed by atoms with E-state index >= 15 is 0 Å². The van der Waals surface area contributed by atoms with Gasteiger partial charge in [0.2, 0.25) is 0 Å². The van der Waals surface area contributed by atoms with Crippen molar-refractivity contribution >= 4 is 0 Å². The Balaban J connectivity index is 2.03. The van der Waals surface area contributed by atoms with Gasteiger partial charge in [-0.2, -0.15) is 0 Å². The van der Waals surface area contributed by atoms with E-state index in [1.165, 1.54) is 16.7 Å². The Morgan fingerprint density at radius 3 is 2.71 bits per heavy atom. The van der Waals surface area contributed by atoms with Gasteiger partial charge in [-0.25, -0.2) is 0 Å². The topological polar surface area (TPSA) is 18.5 Å². The van der Waals surface area contributed by atoms with Gasteiger partial charge in [-0.15, -0.1) is 0 Å². The predicted molar refractivity (Wildman–Crippen MR) is 87.2 cm³/mol. The summed E-state index contributed by atoms with van der Waals surface area (Å²) in [6, 6.07) is 10.5. The summed E-state index contributed by atoms with van der Waals surface area (Å²) in [5.41, 5.74) is 3.76. The zero-order chi connectivity index (χ0) is 15.3. The maximum absolute atomic E-state index is 6.27. The van der Waals surface area contributed by atoms with E-state index in [4.69, 9.17) is 9.47 Å². The molecule has 1 fully saturated rings. The van der Waals surface area contributed by atoms with Crippen LogP contribution in [-0.2, 0) is 15.9 Å². The Bertz CT molecular complexity index is 500. The molecule has 0 radical (unpaired) electrons. The van der Waals surface area contributed by atoms with Gasteiger partial charge in [0.25, 0.3) is 0 Å². The molecule has 0 bridgehead atoms. The van der Waals surface area contributed by atoms with Gasteiger partial charge in [-0.1, -0.05) is 48.1 Å². The number of ether oxygens (including phenoxy) is 2. The fourth-order valence-electron chi connectivity index (χ4n) is 2.95. The molecule has 1 aromatic rings. The van der Waals surface area contributed by atoms with Crippen molar-refractivity contribution in [3.8, 4) is 0 Å². The number of allylic oxidation sites excluding steroid dienone is 1. The third kappa shape index (κ3) is 4.55. The molecule has 2 nitrogen and oxygen atoms in total. The van der Waals surface area contributed by atoms with Crippen molar-refractivity contribution in [3.05, 3.63) is 59.7 Å². The third-order valence-electron chi connectivity index (χ3n) is 3.83. The highest BCUT2D eigenvalue weighted by molar-refractivity contribution is 5.17. The molecule has 114 valence electrons. The van der Waals surface area contributed by atoms with Crippen molar-refractivity contribution in [1.29, 1.82) is 0 Å². The lowest BCUT2D eigenvalue weighted by molar-refractivity contribution is -0.227. The highest BCUT2D eigenvalue weighted by Crippen LogP contribution is 2.35. The van der Waals surface area contributed by atoms with Crippen molar-refractivity contribution in [2.75, 3.05) is 7.11 Å². The first kappa shape index (κ1) is 16.0. The van der Waals surface area contributed by atoms with Crippen LogP contribution in [0.4, 0.5) is 0 Å². The van der Waals surface area contributed by atoms with Crippen LogP contribution >= 0.6 is 0 Å². The van der Waals surface area contributed by atoms with Crippen LogP contribution in [-0.4, -0.2) is 19.0 Å². The zero-order valence-electron chi connectivity index (χ0n) is 13.4. The summed E-state index contributed by atoms with van der Waals surface area (Å²) in [6.07, 6.45) is 5.93. The molecule has 1 saturated heterocycles. The summed E-state index contributed by atoms with van der Waals surface area (Å²) in [7, 11) is 1.71. The molecule has 2 heteroatoms. The largest absolute Gasteiger partial charge is 0.349 e. The molecular weight excluding hydrogens is 260 g/mol. The molecule has 0 unspecified atom stereocenters. The summed E-state index contributed by atoms with van der Waals surface area (Å²) in [5.74, 6) is -0.629. The summed E-state index contributed by atoms with van der Waals surface area (Å²) in [6.45, 7) is 8.32.